The molecule has 1 amide bonds. The molecule has 7 nitrogen and oxygen atoms in total. The number of esters is 1. The van der Waals surface area contributed by atoms with E-state index < -0.39 is 26.3 Å². The van der Waals surface area contributed by atoms with E-state index in [1.807, 2.05) is 36.4 Å². The van der Waals surface area contributed by atoms with Crippen LogP contribution in [0.4, 0.5) is 0 Å². The summed E-state index contributed by atoms with van der Waals surface area (Å²) < 4.78 is 11.1. The Morgan fingerprint density at radius 3 is 2.63 bits per heavy atom. The normalized spacial score (nSPS) is 24.5. The number of ether oxygens (including phenoxy) is 1. The van der Waals surface area contributed by atoms with Crippen molar-refractivity contribution in [2.45, 2.75) is 63.1 Å². The van der Waals surface area contributed by atoms with Crippen LogP contribution < -0.4 is 5.32 Å². The first-order valence-electron chi connectivity index (χ1n) is 10.3. The number of carbonyl (C=O) groups excluding carboxylic acids is 2. The van der Waals surface area contributed by atoms with Gasteiger partial charge in [-0.2, -0.15) is 0 Å². The number of amides is 1. The second-order valence-electron chi connectivity index (χ2n) is 8.56. The molecule has 0 saturated heterocycles. The molecule has 1 aromatic rings. The Morgan fingerprint density at radius 2 is 1.97 bits per heavy atom. The third-order valence-electron chi connectivity index (χ3n) is 5.06. The van der Waals surface area contributed by atoms with Gasteiger partial charge in [0.2, 0.25) is 12.0 Å². The first-order chi connectivity index (χ1) is 14.3. The van der Waals surface area contributed by atoms with Gasteiger partial charge in [0.1, 0.15) is 5.92 Å². The second kappa shape index (κ2) is 9.57. The standard InChI is InChI=1S/C22H30N2O5Si/c1-27-22(26)19-14-17(24-28-19)20(15-10-6-5-7-11-15)21(25)23-16-12-8-9-13-18(16)29-30(2,3)4/h5-8,10-12,16,18-20H,9,13-14H2,1-4H3,(H,23,25)/t16-,18-,19?,20?/m1/s1. The Balaban J connectivity index is 1.80. The number of nitrogens with zero attached hydrogens (tertiary/aromatic N) is 1. The quantitative estimate of drug-likeness (QED) is 0.408. The SMILES string of the molecule is COC(=O)C1CC(C(C(=O)N[C@@H]2C=CCC[C@H]2O[Si](C)(C)C)c2ccccc2)=NO1. The number of nitrogens with one attached hydrogen (secondary N) is 1. The number of rotatable bonds is 7. The number of allylic oxidation sites excluding steroid dienone is 1. The molecule has 2 aliphatic rings. The highest BCUT2D eigenvalue weighted by atomic mass is 28.4. The Bertz CT molecular complexity index is 819. The van der Waals surface area contributed by atoms with E-state index in [1.54, 1.807) is 0 Å². The van der Waals surface area contributed by atoms with Gasteiger partial charge in [0, 0.05) is 6.42 Å². The molecule has 1 aliphatic heterocycles. The van der Waals surface area contributed by atoms with Crippen LogP contribution in [0, 0.1) is 0 Å². The monoisotopic (exact) mass is 430 g/mol. The number of benzene rings is 1. The minimum absolute atomic E-state index is 0.0494. The van der Waals surface area contributed by atoms with Crippen molar-refractivity contribution in [1.82, 2.24) is 5.32 Å². The van der Waals surface area contributed by atoms with E-state index in [0.717, 1.165) is 18.4 Å². The highest BCUT2D eigenvalue weighted by Crippen LogP contribution is 2.27. The van der Waals surface area contributed by atoms with Gasteiger partial charge in [0.25, 0.3) is 0 Å². The number of oxime groups is 1. The number of hydrogen-bond donors (Lipinski definition) is 1. The summed E-state index contributed by atoms with van der Waals surface area (Å²) in [6, 6.07) is 9.20. The maximum Gasteiger partial charge on any atom is 0.350 e. The zero-order valence-corrected chi connectivity index (χ0v) is 19.0. The van der Waals surface area contributed by atoms with Gasteiger partial charge in [-0.1, -0.05) is 47.6 Å². The zero-order chi connectivity index (χ0) is 21.7. The fourth-order valence-electron chi connectivity index (χ4n) is 3.75. The van der Waals surface area contributed by atoms with Crippen molar-refractivity contribution in [2.75, 3.05) is 7.11 Å². The van der Waals surface area contributed by atoms with Gasteiger partial charge in [-0.25, -0.2) is 4.79 Å². The molecule has 1 aliphatic carbocycles. The third kappa shape index (κ3) is 5.57. The molecule has 0 radical (unpaired) electrons. The van der Waals surface area contributed by atoms with E-state index in [1.165, 1.54) is 7.11 Å². The van der Waals surface area contributed by atoms with Crippen LogP contribution in [-0.4, -0.2) is 51.3 Å². The van der Waals surface area contributed by atoms with Crippen LogP contribution in [0.1, 0.15) is 30.7 Å². The van der Waals surface area contributed by atoms with Crippen LogP contribution in [0.25, 0.3) is 0 Å². The summed E-state index contributed by atoms with van der Waals surface area (Å²) in [7, 11) is -0.456. The topological polar surface area (TPSA) is 86.2 Å². The first-order valence-corrected chi connectivity index (χ1v) is 13.7. The van der Waals surface area contributed by atoms with Gasteiger partial charge in [-0.3, -0.25) is 4.79 Å². The fraction of sp³-hybridized carbons (Fsp3) is 0.500. The predicted octanol–water partition coefficient (Wildman–Crippen LogP) is 3.14. The van der Waals surface area contributed by atoms with Gasteiger partial charge in [0.05, 0.1) is 25.0 Å². The van der Waals surface area contributed by atoms with E-state index in [-0.39, 0.29) is 24.5 Å². The van der Waals surface area contributed by atoms with Crippen molar-refractivity contribution >= 4 is 25.9 Å². The van der Waals surface area contributed by atoms with Crippen LogP contribution in [0.5, 0.6) is 0 Å². The minimum atomic E-state index is -1.76. The molecular formula is C22H30N2O5Si. The van der Waals surface area contributed by atoms with E-state index in [9.17, 15) is 9.59 Å². The molecule has 30 heavy (non-hydrogen) atoms. The number of hydrogen-bond acceptors (Lipinski definition) is 6. The zero-order valence-electron chi connectivity index (χ0n) is 18.0. The lowest BCUT2D eigenvalue weighted by Gasteiger charge is -2.34. The summed E-state index contributed by atoms with van der Waals surface area (Å²) in [6.45, 7) is 6.44. The highest BCUT2D eigenvalue weighted by molar-refractivity contribution is 6.69. The average Bonchev–Trinajstić information content (AvgIpc) is 3.18. The Kier molecular flexibility index (Phi) is 7.09. The minimum Gasteiger partial charge on any atom is -0.466 e. The Hall–Kier alpha value is -2.45. The molecule has 0 aromatic heterocycles. The molecule has 0 saturated carbocycles. The molecule has 0 fully saturated rings. The maximum absolute atomic E-state index is 13.4. The summed E-state index contributed by atoms with van der Waals surface area (Å²) in [4.78, 5) is 30.5. The first kappa shape index (κ1) is 22.2. The largest absolute Gasteiger partial charge is 0.466 e. The summed E-state index contributed by atoms with van der Waals surface area (Å²) >= 11 is 0. The van der Waals surface area contributed by atoms with E-state index in [4.69, 9.17) is 14.0 Å². The van der Waals surface area contributed by atoms with Crippen LogP contribution >= 0.6 is 0 Å². The molecule has 4 atom stereocenters. The van der Waals surface area contributed by atoms with Crippen molar-refractivity contribution in [3.63, 3.8) is 0 Å². The molecule has 3 rings (SSSR count). The third-order valence-corrected chi connectivity index (χ3v) is 6.07. The molecule has 1 N–H and O–H groups in total. The van der Waals surface area contributed by atoms with Crippen LogP contribution in [0.3, 0.4) is 0 Å². The molecule has 2 unspecified atom stereocenters. The fourth-order valence-corrected chi connectivity index (χ4v) is 4.92. The average molecular weight is 431 g/mol. The van der Waals surface area contributed by atoms with E-state index >= 15 is 0 Å². The lowest BCUT2D eigenvalue weighted by atomic mass is 9.89. The number of carbonyl (C=O) groups is 2. The van der Waals surface area contributed by atoms with Gasteiger partial charge < -0.3 is 19.3 Å². The highest BCUT2D eigenvalue weighted by Gasteiger charge is 2.38. The van der Waals surface area contributed by atoms with Crippen LogP contribution in [-0.2, 0) is 23.6 Å². The van der Waals surface area contributed by atoms with Crippen molar-refractivity contribution in [3.8, 4) is 0 Å². The lowest BCUT2D eigenvalue weighted by Crippen LogP contribution is -2.50. The van der Waals surface area contributed by atoms with Gasteiger partial charge in [0.15, 0.2) is 8.32 Å². The van der Waals surface area contributed by atoms with Gasteiger partial charge in [-0.05, 0) is 38.0 Å². The molecule has 8 heteroatoms. The van der Waals surface area contributed by atoms with Crippen molar-refractivity contribution in [3.05, 3.63) is 48.0 Å². The van der Waals surface area contributed by atoms with Gasteiger partial charge in [-0.15, -0.1) is 0 Å². The second-order valence-corrected chi connectivity index (χ2v) is 13.0. The molecular weight excluding hydrogens is 400 g/mol. The van der Waals surface area contributed by atoms with E-state index in [0.29, 0.717) is 5.71 Å². The lowest BCUT2D eigenvalue weighted by molar-refractivity contribution is -0.152. The van der Waals surface area contributed by atoms with Gasteiger partial charge >= 0.3 is 5.97 Å². The summed E-state index contributed by atoms with van der Waals surface area (Å²) in [5.41, 5.74) is 1.31. The summed E-state index contributed by atoms with van der Waals surface area (Å²) in [6.07, 6.45) is 5.25. The van der Waals surface area contributed by atoms with E-state index in [2.05, 4.69) is 36.2 Å². The maximum atomic E-state index is 13.4. The molecule has 162 valence electrons. The molecule has 1 heterocycles. The molecule has 0 bridgehead atoms. The number of methoxy groups -OCH3 is 1. The Labute approximate surface area is 178 Å². The van der Waals surface area contributed by atoms with Crippen LogP contribution in [0.2, 0.25) is 19.6 Å². The Morgan fingerprint density at radius 1 is 1.23 bits per heavy atom. The smallest absolute Gasteiger partial charge is 0.350 e. The summed E-state index contributed by atoms with van der Waals surface area (Å²) in [5.74, 6) is -1.33. The molecule has 1 aromatic carbocycles. The van der Waals surface area contributed by atoms with Crippen molar-refractivity contribution in [2.24, 2.45) is 5.16 Å². The predicted molar refractivity (Wildman–Crippen MR) is 117 cm³/mol. The molecule has 0 spiro atoms. The van der Waals surface area contributed by atoms with Crippen LogP contribution in [0.15, 0.2) is 47.6 Å². The van der Waals surface area contributed by atoms with Crippen molar-refractivity contribution in [1.29, 1.82) is 0 Å². The summed E-state index contributed by atoms with van der Waals surface area (Å²) in [5, 5.41) is 7.21. The van der Waals surface area contributed by atoms with Crippen molar-refractivity contribution < 1.29 is 23.6 Å².